The normalized spacial score (nSPS) is 10.2. The number of nitro groups is 1. The fraction of sp³-hybridized carbons (Fsp3) is 0.133. The van der Waals surface area contributed by atoms with Gasteiger partial charge in [0.1, 0.15) is 0 Å². The number of benzene rings is 1. The molecule has 118 valence electrons. The summed E-state index contributed by atoms with van der Waals surface area (Å²) >= 11 is 5.73. The molecule has 2 rings (SSSR count). The molecule has 0 bridgehead atoms. The highest BCUT2D eigenvalue weighted by molar-refractivity contribution is 6.30. The first-order chi connectivity index (χ1) is 10.9. The van der Waals surface area contributed by atoms with Crippen molar-refractivity contribution in [2.45, 2.75) is 13.3 Å². The van der Waals surface area contributed by atoms with Crippen molar-refractivity contribution in [2.75, 3.05) is 0 Å². The molecule has 8 heteroatoms. The van der Waals surface area contributed by atoms with Crippen LogP contribution in [-0.2, 0) is 6.42 Å². The zero-order valence-corrected chi connectivity index (χ0v) is 12.8. The molecule has 0 atom stereocenters. The number of amides is 2. The Morgan fingerprint density at radius 1 is 1.17 bits per heavy atom. The largest absolute Gasteiger partial charge is 0.364 e. The van der Waals surface area contributed by atoms with E-state index in [0.29, 0.717) is 17.1 Å². The second-order valence-corrected chi connectivity index (χ2v) is 5.04. The quantitative estimate of drug-likeness (QED) is 0.526. The predicted octanol–water partition coefficient (Wildman–Crippen LogP) is 2.78. The number of nitrogens with zero attached hydrogens (tertiary/aromatic N) is 2. The predicted molar refractivity (Wildman–Crippen MR) is 83.5 cm³/mol. The lowest BCUT2D eigenvalue weighted by molar-refractivity contribution is -0.389. The average Bonchev–Trinajstić information content (AvgIpc) is 2.54. The maximum atomic E-state index is 12.1. The lowest BCUT2D eigenvalue weighted by Gasteiger charge is -2.05. The molecular weight excluding hydrogens is 322 g/mol. The number of pyridine rings is 1. The Morgan fingerprint density at radius 2 is 1.78 bits per heavy atom. The number of nitrogens with one attached hydrogen (secondary N) is 1. The van der Waals surface area contributed by atoms with Gasteiger partial charge in [0.15, 0.2) is 5.69 Å². The molecule has 1 aromatic carbocycles. The van der Waals surface area contributed by atoms with Crippen LogP contribution in [0.3, 0.4) is 0 Å². The highest BCUT2D eigenvalue weighted by Crippen LogP contribution is 2.14. The number of carbonyl (C=O) groups is 2. The summed E-state index contributed by atoms with van der Waals surface area (Å²) in [6.07, 6.45) is 0.424. The second kappa shape index (κ2) is 6.97. The molecule has 1 heterocycles. The van der Waals surface area contributed by atoms with E-state index in [-0.39, 0.29) is 11.1 Å². The van der Waals surface area contributed by atoms with Gasteiger partial charge in [0.25, 0.3) is 11.8 Å². The van der Waals surface area contributed by atoms with Crippen molar-refractivity contribution in [1.82, 2.24) is 10.3 Å². The molecule has 0 saturated heterocycles. The van der Waals surface area contributed by atoms with Gasteiger partial charge in [-0.1, -0.05) is 18.5 Å². The molecule has 1 N–H and O–H groups in total. The van der Waals surface area contributed by atoms with Gasteiger partial charge in [-0.05, 0) is 40.2 Å². The molecule has 0 fully saturated rings. The van der Waals surface area contributed by atoms with Gasteiger partial charge in [-0.25, -0.2) is 0 Å². The van der Waals surface area contributed by atoms with Crippen LogP contribution in [0.4, 0.5) is 5.82 Å². The lowest BCUT2D eigenvalue weighted by Crippen LogP contribution is -2.30. The molecule has 0 aliphatic rings. The smallest absolute Gasteiger partial charge is 0.358 e. The Morgan fingerprint density at radius 3 is 2.35 bits per heavy atom. The fourth-order valence-corrected chi connectivity index (χ4v) is 1.95. The maximum Gasteiger partial charge on any atom is 0.364 e. The van der Waals surface area contributed by atoms with Gasteiger partial charge in [-0.2, -0.15) is 0 Å². The van der Waals surface area contributed by atoms with Gasteiger partial charge >= 0.3 is 5.82 Å². The SMILES string of the molecule is CCc1cc(C(=O)NC(=O)c2ccc(Cl)cc2)cc([N+](=O)[O-])n1. The fourth-order valence-electron chi connectivity index (χ4n) is 1.83. The minimum Gasteiger partial charge on any atom is -0.358 e. The molecule has 2 aromatic rings. The number of carbonyl (C=O) groups excluding carboxylic acids is 2. The van der Waals surface area contributed by atoms with E-state index < -0.39 is 22.6 Å². The lowest BCUT2D eigenvalue weighted by atomic mass is 10.1. The van der Waals surface area contributed by atoms with Crippen LogP contribution in [0, 0.1) is 10.1 Å². The van der Waals surface area contributed by atoms with Gasteiger partial charge in [0.05, 0.1) is 5.56 Å². The van der Waals surface area contributed by atoms with Crippen molar-refractivity contribution in [3.05, 3.63) is 68.4 Å². The van der Waals surface area contributed by atoms with E-state index in [1.807, 2.05) is 0 Å². The number of aromatic nitrogens is 1. The van der Waals surface area contributed by atoms with Crippen LogP contribution in [0.5, 0.6) is 0 Å². The van der Waals surface area contributed by atoms with Crippen molar-refractivity contribution >= 4 is 29.2 Å². The minimum absolute atomic E-state index is 0.00543. The third-order valence-corrected chi connectivity index (χ3v) is 3.26. The van der Waals surface area contributed by atoms with Crippen molar-refractivity contribution in [1.29, 1.82) is 0 Å². The van der Waals surface area contributed by atoms with Crippen LogP contribution in [-0.4, -0.2) is 21.7 Å². The monoisotopic (exact) mass is 333 g/mol. The highest BCUT2D eigenvalue weighted by Gasteiger charge is 2.18. The zero-order chi connectivity index (χ0) is 17.0. The molecular formula is C15H12ClN3O4. The van der Waals surface area contributed by atoms with Crippen molar-refractivity contribution < 1.29 is 14.5 Å². The topological polar surface area (TPSA) is 102 Å². The Hall–Kier alpha value is -2.80. The molecule has 0 spiro atoms. The summed E-state index contributed by atoms with van der Waals surface area (Å²) in [4.78, 5) is 38.1. The minimum atomic E-state index is -0.731. The highest BCUT2D eigenvalue weighted by atomic mass is 35.5. The molecule has 7 nitrogen and oxygen atoms in total. The van der Waals surface area contributed by atoms with Crippen LogP contribution in [0.2, 0.25) is 5.02 Å². The summed E-state index contributed by atoms with van der Waals surface area (Å²) in [6.45, 7) is 1.76. The number of rotatable bonds is 4. The summed E-state index contributed by atoms with van der Waals surface area (Å²) in [6, 6.07) is 8.43. The first-order valence-electron chi connectivity index (χ1n) is 6.67. The summed E-state index contributed by atoms with van der Waals surface area (Å²) in [5.74, 6) is -1.79. The van der Waals surface area contributed by atoms with Gasteiger partial charge in [0.2, 0.25) is 0 Å². The molecule has 0 aliphatic carbocycles. The number of halogens is 1. The standard InChI is InChI=1S/C15H12ClN3O4/c1-2-12-7-10(8-13(17-12)19(22)23)15(21)18-14(20)9-3-5-11(16)6-4-9/h3-8H,2H2,1H3,(H,18,20,21). The van der Waals surface area contributed by atoms with Crippen LogP contribution in [0.25, 0.3) is 0 Å². The van der Waals surface area contributed by atoms with Gasteiger partial charge in [0, 0.05) is 23.1 Å². The van der Waals surface area contributed by atoms with Crippen LogP contribution < -0.4 is 5.32 Å². The van der Waals surface area contributed by atoms with E-state index in [4.69, 9.17) is 11.6 Å². The third-order valence-electron chi connectivity index (χ3n) is 3.01. The molecule has 0 unspecified atom stereocenters. The van der Waals surface area contributed by atoms with Crippen LogP contribution in [0.1, 0.15) is 33.3 Å². The number of hydrogen-bond acceptors (Lipinski definition) is 5. The number of aryl methyl sites for hydroxylation is 1. The average molecular weight is 334 g/mol. The van der Waals surface area contributed by atoms with E-state index in [0.717, 1.165) is 6.07 Å². The van der Waals surface area contributed by atoms with E-state index in [2.05, 4.69) is 10.3 Å². The van der Waals surface area contributed by atoms with Gasteiger partial charge in [-0.15, -0.1) is 0 Å². The van der Waals surface area contributed by atoms with Crippen molar-refractivity contribution in [3.8, 4) is 0 Å². The van der Waals surface area contributed by atoms with Gasteiger partial charge in [-0.3, -0.25) is 14.9 Å². The zero-order valence-electron chi connectivity index (χ0n) is 12.1. The summed E-state index contributed by atoms with van der Waals surface area (Å²) < 4.78 is 0. The molecule has 2 amide bonds. The maximum absolute atomic E-state index is 12.1. The Kier molecular flexibility index (Phi) is 5.02. The van der Waals surface area contributed by atoms with Crippen LogP contribution in [0.15, 0.2) is 36.4 Å². The molecule has 1 aromatic heterocycles. The summed E-state index contributed by atoms with van der Waals surface area (Å²) in [5, 5.41) is 13.5. The molecule has 0 aliphatic heterocycles. The first kappa shape index (κ1) is 16.6. The first-order valence-corrected chi connectivity index (χ1v) is 7.05. The summed E-state index contributed by atoms with van der Waals surface area (Å²) in [7, 11) is 0. The number of hydrogen-bond donors (Lipinski definition) is 1. The van der Waals surface area contributed by atoms with E-state index in [9.17, 15) is 19.7 Å². The van der Waals surface area contributed by atoms with E-state index in [1.165, 1.54) is 30.3 Å². The van der Waals surface area contributed by atoms with E-state index in [1.54, 1.807) is 6.92 Å². The van der Waals surface area contributed by atoms with Crippen LogP contribution >= 0.6 is 11.6 Å². The number of imide groups is 1. The van der Waals surface area contributed by atoms with Crippen molar-refractivity contribution in [2.24, 2.45) is 0 Å². The van der Waals surface area contributed by atoms with E-state index >= 15 is 0 Å². The Bertz CT molecular complexity index is 775. The third kappa shape index (κ3) is 4.10. The molecule has 0 saturated carbocycles. The molecule has 23 heavy (non-hydrogen) atoms. The van der Waals surface area contributed by atoms with Gasteiger partial charge < -0.3 is 10.1 Å². The Labute approximate surface area is 136 Å². The Balaban J connectivity index is 2.23. The second-order valence-electron chi connectivity index (χ2n) is 4.61. The summed E-state index contributed by atoms with van der Waals surface area (Å²) in [5.41, 5.74) is 0.649. The van der Waals surface area contributed by atoms with Crippen molar-refractivity contribution in [3.63, 3.8) is 0 Å². The molecule has 0 radical (unpaired) electrons.